The number of fused-ring (bicyclic) bond motifs is 1. The summed E-state index contributed by atoms with van der Waals surface area (Å²) in [5.74, 6) is 2.04. The van der Waals surface area contributed by atoms with Gasteiger partial charge in [0.25, 0.3) is 0 Å². The molecule has 12 heavy (non-hydrogen) atoms. The van der Waals surface area contributed by atoms with Crippen molar-refractivity contribution in [2.24, 2.45) is 17.8 Å². The van der Waals surface area contributed by atoms with Crippen molar-refractivity contribution in [2.75, 3.05) is 13.1 Å². The van der Waals surface area contributed by atoms with Crippen LogP contribution in [-0.2, 0) is 0 Å². The van der Waals surface area contributed by atoms with Gasteiger partial charge in [-0.1, -0.05) is 0 Å². The molecule has 2 rings (SSSR count). The Kier molecular flexibility index (Phi) is 1.72. The molecule has 1 aliphatic carbocycles. The maximum absolute atomic E-state index is 10.3. The van der Waals surface area contributed by atoms with E-state index >= 15 is 0 Å². The molecule has 0 aromatic heterocycles. The fourth-order valence-electron chi connectivity index (χ4n) is 2.50. The highest BCUT2D eigenvalue weighted by Crippen LogP contribution is 2.50. The van der Waals surface area contributed by atoms with Crippen LogP contribution in [0.25, 0.3) is 0 Å². The van der Waals surface area contributed by atoms with Gasteiger partial charge in [0.15, 0.2) is 0 Å². The summed E-state index contributed by atoms with van der Waals surface area (Å²) in [6.45, 7) is 4.10. The van der Waals surface area contributed by atoms with Gasteiger partial charge < -0.3 is 15.7 Å². The van der Waals surface area contributed by atoms with Gasteiger partial charge in [0, 0.05) is 6.04 Å². The molecule has 2 fully saturated rings. The van der Waals surface area contributed by atoms with Crippen LogP contribution in [0.4, 0.5) is 4.79 Å². The molecule has 1 amide bonds. The topological polar surface area (TPSA) is 61.4 Å². The van der Waals surface area contributed by atoms with E-state index in [1.54, 1.807) is 0 Å². The van der Waals surface area contributed by atoms with Crippen molar-refractivity contribution in [1.29, 1.82) is 0 Å². The zero-order chi connectivity index (χ0) is 8.72. The fourth-order valence-corrected chi connectivity index (χ4v) is 2.50. The maximum Gasteiger partial charge on any atom is 0.404 e. The summed E-state index contributed by atoms with van der Waals surface area (Å²) < 4.78 is 0. The van der Waals surface area contributed by atoms with Gasteiger partial charge in [-0.3, -0.25) is 0 Å². The zero-order valence-corrected chi connectivity index (χ0v) is 7.08. The molecule has 1 heterocycles. The van der Waals surface area contributed by atoms with Crippen LogP contribution in [0.3, 0.4) is 0 Å². The van der Waals surface area contributed by atoms with E-state index in [4.69, 9.17) is 5.11 Å². The number of nitrogens with one attached hydrogen (secondary N) is 2. The molecule has 68 valence electrons. The van der Waals surface area contributed by atoms with Crippen LogP contribution in [0.1, 0.15) is 6.92 Å². The van der Waals surface area contributed by atoms with E-state index in [9.17, 15) is 4.79 Å². The Balaban J connectivity index is 1.83. The van der Waals surface area contributed by atoms with E-state index in [2.05, 4.69) is 10.6 Å². The number of hydrogen-bond acceptors (Lipinski definition) is 2. The lowest BCUT2D eigenvalue weighted by Gasteiger charge is -2.13. The number of hydrogen-bond donors (Lipinski definition) is 3. The SMILES string of the molecule is CC(NC(=O)O)C1C2CNCC21. The van der Waals surface area contributed by atoms with Gasteiger partial charge in [-0.2, -0.15) is 0 Å². The monoisotopic (exact) mass is 170 g/mol. The van der Waals surface area contributed by atoms with E-state index in [1.807, 2.05) is 6.92 Å². The molecule has 3 unspecified atom stereocenters. The quantitative estimate of drug-likeness (QED) is 0.551. The van der Waals surface area contributed by atoms with Crippen molar-refractivity contribution in [3.8, 4) is 0 Å². The number of amides is 1. The highest BCUT2D eigenvalue weighted by Gasteiger charge is 2.55. The largest absolute Gasteiger partial charge is 0.465 e. The summed E-state index contributed by atoms with van der Waals surface area (Å²) in [5.41, 5.74) is 0. The second-order valence-electron chi connectivity index (χ2n) is 3.80. The van der Waals surface area contributed by atoms with Crippen molar-refractivity contribution in [1.82, 2.24) is 10.6 Å². The Labute approximate surface area is 71.3 Å². The normalized spacial score (nSPS) is 40.2. The Morgan fingerprint density at radius 2 is 2.17 bits per heavy atom. The zero-order valence-electron chi connectivity index (χ0n) is 7.08. The number of carboxylic acid groups (broad SMARTS) is 1. The van der Waals surface area contributed by atoms with Gasteiger partial charge in [-0.15, -0.1) is 0 Å². The second kappa shape index (κ2) is 2.62. The van der Waals surface area contributed by atoms with Gasteiger partial charge in [0.1, 0.15) is 0 Å². The van der Waals surface area contributed by atoms with Crippen LogP contribution in [0, 0.1) is 17.8 Å². The summed E-state index contributed by atoms with van der Waals surface area (Å²) in [5, 5.41) is 14.3. The molecule has 3 atom stereocenters. The molecule has 4 nitrogen and oxygen atoms in total. The van der Waals surface area contributed by atoms with Gasteiger partial charge in [-0.05, 0) is 37.8 Å². The molecule has 0 aromatic carbocycles. The summed E-state index contributed by atoms with van der Waals surface area (Å²) in [6, 6.07) is 0.125. The van der Waals surface area contributed by atoms with Crippen molar-refractivity contribution in [3.05, 3.63) is 0 Å². The van der Waals surface area contributed by atoms with E-state index in [0.29, 0.717) is 5.92 Å². The van der Waals surface area contributed by atoms with Crippen LogP contribution >= 0.6 is 0 Å². The third-order valence-electron chi connectivity index (χ3n) is 3.09. The molecular weight excluding hydrogens is 156 g/mol. The Hall–Kier alpha value is -0.770. The molecule has 2 aliphatic rings. The Morgan fingerprint density at radius 3 is 2.67 bits per heavy atom. The lowest BCUT2D eigenvalue weighted by atomic mass is 10.1. The molecular formula is C8H14N2O2. The van der Waals surface area contributed by atoms with Crippen LogP contribution < -0.4 is 10.6 Å². The molecule has 1 saturated heterocycles. The molecule has 0 aromatic rings. The van der Waals surface area contributed by atoms with Crippen LogP contribution in [0.5, 0.6) is 0 Å². The Bertz CT molecular complexity index is 197. The number of rotatable bonds is 2. The predicted molar refractivity (Wildman–Crippen MR) is 44.0 cm³/mol. The minimum Gasteiger partial charge on any atom is -0.465 e. The Morgan fingerprint density at radius 1 is 1.58 bits per heavy atom. The molecule has 3 N–H and O–H groups in total. The van der Waals surface area contributed by atoms with E-state index < -0.39 is 6.09 Å². The smallest absolute Gasteiger partial charge is 0.404 e. The van der Waals surface area contributed by atoms with E-state index in [0.717, 1.165) is 24.9 Å². The first-order chi connectivity index (χ1) is 5.70. The lowest BCUT2D eigenvalue weighted by Crippen LogP contribution is -2.35. The van der Waals surface area contributed by atoms with Gasteiger partial charge in [0.2, 0.25) is 0 Å². The fraction of sp³-hybridized carbons (Fsp3) is 0.875. The highest BCUT2D eigenvalue weighted by atomic mass is 16.4. The minimum atomic E-state index is -0.902. The highest BCUT2D eigenvalue weighted by molar-refractivity contribution is 5.64. The summed E-state index contributed by atoms with van der Waals surface area (Å²) >= 11 is 0. The first-order valence-corrected chi connectivity index (χ1v) is 4.40. The van der Waals surface area contributed by atoms with Gasteiger partial charge in [0.05, 0.1) is 0 Å². The molecule has 0 bridgehead atoms. The van der Waals surface area contributed by atoms with E-state index in [1.165, 1.54) is 0 Å². The average Bonchev–Trinajstić information content (AvgIpc) is 2.45. The van der Waals surface area contributed by atoms with Gasteiger partial charge in [-0.25, -0.2) is 4.79 Å². The van der Waals surface area contributed by atoms with Crippen molar-refractivity contribution in [2.45, 2.75) is 13.0 Å². The summed E-state index contributed by atoms with van der Waals surface area (Å²) in [7, 11) is 0. The van der Waals surface area contributed by atoms with Crippen molar-refractivity contribution < 1.29 is 9.90 Å². The number of piperidine rings is 1. The van der Waals surface area contributed by atoms with E-state index in [-0.39, 0.29) is 6.04 Å². The predicted octanol–water partition coefficient (Wildman–Crippen LogP) is 0.108. The van der Waals surface area contributed by atoms with Crippen LogP contribution in [-0.4, -0.2) is 30.3 Å². The average molecular weight is 170 g/mol. The molecule has 1 aliphatic heterocycles. The number of carbonyl (C=O) groups is 1. The molecule has 0 spiro atoms. The first-order valence-electron chi connectivity index (χ1n) is 4.40. The summed E-state index contributed by atoms with van der Waals surface area (Å²) in [6.07, 6.45) is -0.902. The standard InChI is InChI=1S/C8H14N2O2/c1-4(10-8(11)12)7-5-2-9-3-6(5)7/h4-7,9-10H,2-3H2,1H3,(H,11,12). The van der Waals surface area contributed by atoms with Crippen molar-refractivity contribution in [3.63, 3.8) is 0 Å². The maximum atomic E-state index is 10.3. The third-order valence-corrected chi connectivity index (χ3v) is 3.09. The van der Waals surface area contributed by atoms with Crippen LogP contribution in [0.15, 0.2) is 0 Å². The molecule has 4 heteroatoms. The van der Waals surface area contributed by atoms with Crippen molar-refractivity contribution >= 4 is 6.09 Å². The summed E-state index contributed by atoms with van der Waals surface area (Å²) in [4.78, 5) is 10.3. The second-order valence-corrected chi connectivity index (χ2v) is 3.80. The van der Waals surface area contributed by atoms with Crippen LogP contribution in [0.2, 0.25) is 0 Å². The molecule has 1 saturated carbocycles. The van der Waals surface area contributed by atoms with Gasteiger partial charge >= 0.3 is 6.09 Å². The first kappa shape index (κ1) is 7.86. The minimum absolute atomic E-state index is 0.125. The lowest BCUT2D eigenvalue weighted by molar-refractivity contribution is 0.188. The molecule has 0 radical (unpaired) electrons. The third kappa shape index (κ3) is 1.16.